The van der Waals surface area contributed by atoms with Crippen molar-refractivity contribution in [3.05, 3.63) is 22.5 Å². The number of hydrogen-bond donors (Lipinski definition) is 1. The highest BCUT2D eigenvalue weighted by Crippen LogP contribution is 2.09. The zero-order valence-electron chi connectivity index (χ0n) is 18.7. The molecule has 2 amide bonds. The molecular formula is C20H30N6O6. The normalized spacial score (nSPS) is 11.8. The molecule has 0 fully saturated rings. The van der Waals surface area contributed by atoms with Crippen LogP contribution in [-0.2, 0) is 21.3 Å². The quantitative estimate of drug-likeness (QED) is 0.377. The van der Waals surface area contributed by atoms with Crippen molar-refractivity contribution >= 4 is 23.6 Å². The van der Waals surface area contributed by atoms with Crippen molar-refractivity contribution in [1.29, 1.82) is 0 Å². The van der Waals surface area contributed by atoms with Gasteiger partial charge in [0, 0.05) is 13.5 Å². The largest absolute Gasteiger partial charge is 0.463 e. The molecule has 32 heavy (non-hydrogen) atoms. The number of nitrogens with zero attached hydrogens (tertiary/aromatic N) is 5. The van der Waals surface area contributed by atoms with E-state index < -0.39 is 17.7 Å². The third kappa shape index (κ3) is 7.43. The third-order valence-electron chi connectivity index (χ3n) is 4.73. The van der Waals surface area contributed by atoms with Gasteiger partial charge in [0.1, 0.15) is 6.33 Å². The molecule has 12 nitrogen and oxygen atoms in total. The summed E-state index contributed by atoms with van der Waals surface area (Å²) in [6.07, 6.45) is 6.46. The van der Waals surface area contributed by atoms with E-state index in [-0.39, 0.29) is 30.0 Å². The van der Waals surface area contributed by atoms with Crippen LogP contribution in [-0.4, -0.2) is 55.1 Å². The Hall–Kier alpha value is -3.31. The molecule has 0 radical (unpaired) electrons. The number of carbonyl (C=O) groups is 3. The van der Waals surface area contributed by atoms with Crippen molar-refractivity contribution in [3.63, 3.8) is 0 Å². The van der Waals surface area contributed by atoms with Crippen molar-refractivity contribution in [2.75, 3.05) is 6.61 Å². The zero-order chi connectivity index (χ0) is 23.5. The molecular weight excluding hydrogens is 420 g/mol. The summed E-state index contributed by atoms with van der Waals surface area (Å²) >= 11 is 0. The number of alkyl carbamates (subject to hydrolysis) is 1. The van der Waals surface area contributed by atoms with Gasteiger partial charge in [-0.1, -0.05) is 25.0 Å². The summed E-state index contributed by atoms with van der Waals surface area (Å²) in [6, 6.07) is 0. The minimum atomic E-state index is -0.937. The van der Waals surface area contributed by atoms with Crippen LogP contribution in [0.15, 0.2) is 11.1 Å². The molecule has 1 N–H and O–H groups in total. The molecule has 0 aromatic carbocycles. The summed E-state index contributed by atoms with van der Waals surface area (Å²) in [4.78, 5) is 51.5. The first-order valence-corrected chi connectivity index (χ1v) is 10.8. The highest BCUT2D eigenvalue weighted by atomic mass is 16.6. The number of rotatable bonds is 12. The second-order valence-electron chi connectivity index (χ2n) is 7.48. The van der Waals surface area contributed by atoms with Crippen LogP contribution in [0.1, 0.15) is 75.7 Å². The lowest BCUT2D eigenvalue weighted by atomic mass is 10.1. The number of carbonyl (C=O) groups excluding carboxylic acids is 3. The Morgan fingerprint density at radius 1 is 1.16 bits per heavy atom. The zero-order valence-corrected chi connectivity index (χ0v) is 18.7. The fourth-order valence-corrected chi connectivity index (χ4v) is 2.97. The van der Waals surface area contributed by atoms with E-state index in [4.69, 9.17) is 9.47 Å². The molecule has 1 atom stereocenters. The number of ether oxygens (including phenoxy) is 2. The van der Waals surface area contributed by atoms with Gasteiger partial charge >= 0.3 is 17.8 Å². The fourth-order valence-electron chi connectivity index (χ4n) is 2.97. The number of esters is 1. The maximum atomic E-state index is 12.2. The predicted molar refractivity (Wildman–Crippen MR) is 113 cm³/mol. The molecule has 176 valence electrons. The number of nitrogens with one attached hydrogen (secondary N) is 1. The van der Waals surface area contributed by atoms with Crippen molar-refractivity contribution in [2.24, 2.45) is 7.05 Å². The first-order valence-electron chi connectivity index (χ1n) is 10.8. The monoisotopic (exact) mass is 450 g/mol. The van der Waals surface area contributed by atoms with Gasteiger partial charge < -0.3 is 9.47 Å². The number of hydrogen-bond acceptors (Lipinski definition) is 9. The van der Waals surface area contributed by atoms with Crippen LogP contribution in [0.5, 0.6) is 0 Å². The fraction of sp³-hybridized carbons (Fsp3) is 0.650. The lowest BCUT2D eigenvalue weighted by Gasteiger charge is -2.12. The number of imide groups is 1. The Kier molecular flexibility index (Phi) is 9.76. The van der Waals surface area contributed by atoms with Gasteiger partial charge in [0.15, 0.2) is 11.3 Å². The van der Waals surface area contributed by atoms with Crippen molar-refractivity contribution in [2.45, 2.75) is 71.3 Å². The molecule has 12 heteroatoms. The van der Waals surface area contributed by atoms with Crippen molar-refractivity contribution in [1.82, 2.24) is 29.7 Å². The summed E-state index contributed by atoms with van der Waals surface area (Å²) in [5.41, 5.74) is -0.807. The third-order valence-corrected chi connectivity index (χ3v) is 4.73. The standard InChI is InChI=1S/C20H30N6O6/c1-4-5-7-10-14(2)32-15(27)11-8-6-9-12-31-19(29)22-18(28)16-17-23-24-25(3)20(30)26(17)13-21-16/h13-14H,4-12H2,1-3H3,(H,22,28,29). The first kappa shape index (κ1) is 25.0. The molecule has 0 aliphatic heterocycles. The molecule has 2 aromatic rings. The molecule has 2 aromatic heterocycles. The van der Waals surface area contributed by atoms with Crippen LogP contribution in [0.25, 0.3) is 5.65 Å². The van der Waals surface area contributed by atoms with E-state index in [1.807, 2.05) is 12.2 Å². The van der Waals surface area contributed by atoms with E-state index in [1.165, 1.54) is 7.05 Å². The summed E-state index contributed by atoms with van der Waals surface area (Å²) < 4.78 is 12.4. The van der Waals surface area contributed by atoms with E-state index in [9.17, 15) is 19.2 Å². The number of imidazole rings is 1. The number of aromatic nitrogens is 5. The van der Waals surface area contributed by atoms with Gasteiger partial charge in [-0.05, 0) is 39.0 Å². The Bertz CT molecular complexity index is 985. The molecule has 0 spiro atoms. The van der Waals surface area contributed by atoms with Crippen LogP contribution in [0.2, 0.25) is 0 Å². The lowest BCUT2D eigenvalue weighted by Crippen LogP contribution is -2.32. The molecule has 0 saturated carbocycles. The van der Waals surface area contributed by atoms with Gasteiger partial charge in [0.2, 0.25) is 0 Å². The van der Waals surface area contributed by atoms with Crippen LogP contribution < -0.4 is 11.0 Å². The van der Waals surface area contributed by atoms with Gasteiger partial charge in [-0.3, -0.25) is 14.9 Å². The summed E-state index contributed by atoms with van der Waals surface area (Å²) in [6.45, 7) is 4.12. The highest BCUT2D eigenvalue weighted by molar-refractivity contribution is 6.05. The molecule has 2 rings (SSSR count). The van der Waals surface area contributed by atoms with Crippen LogP contribution in [0, 0.1) is 0 Å². The molecule has 0 aliphatic rings. The number of amides is 2. The summed E-state index contributed by atoms with van der Waals surface area (Å²) in [5, 5.41) is 9.36. The topological polar surface area (TPSA) is 147 Å². The number of fused-ring (bicyclic) bond motifs is 1. The second kappa shape index (κ2) is 12.5. The van der Waals surface area contributed by atoms with Crippen LogP contribution in [0.3, 0.4) is 0 Å². The van der Waals surface area contributed by atoms with Crippen LogP contribution in [0.4, 0.5) is 4.79 Å². The Morgan fingerprint density at radius 2 is 1.94 bits per heavy atom. The maximum absolute atomic E-state index is 12.2. The number of aryl methyl sites for hydroxylation is 1. The van der Waals surface area contributed by atoms with Crippen LogP contribution >= 0.6 is 0 Å². The predicted octanol–water partition coefficient (Wildman–Crippen LogP) is 1.76. The van der Waals surface area contributed by atoms with E-state index in [0.29, 0.717) is 25.7 Å². The molecule has 2 heterocycles. The minimum Gasteiger partial charge on any atom is -0.463 e. The average molecular weight is 450 g/mol. The van der Waals surface area contributed by atoms with Gasteiger partial charge in [-0.15, -0.1) is 5.10 Å². The molecule has 0 saturated heterocycles. The first-order chi connectivity index (χ1) is 15.3. The van der Waals surface area contributed by atoms with Crippen molar-refractivity contribution in [3.8, 4) is 0 Å². The maximum Gasteiger partial charge on any atom is 0.414 e. The molecule has 0 aliphatic carbocycles. The van der Waals surface area contributed by atoms with E-state index in [1.54, 1.807) is 0 Å². The minimum absolute atomic E-state index is 0.0648. The average Bonchev–Trinajstić information content (AvgIpc) is 3.18. The van der Waals surface area contributed by atoms with Gasteiger partial charge in [-0.2, -0.15) is 4.68 Å². The highest BCUT2D eigenvalue weighted by Gasteiger charge is 2.19. The lowest BCUT2D eigenvalue weighted by molar-refractivity contribution is -0.148. The SMILES string of the molecule is CCCCCC(C)OC(=O)CCCCCOC(=O)NC(=O)c1ncn2c(=O)n(C)nnc12. The van der Waals surface area contributed by atoms with E-state index in [0.717, 1.165) is 41.1 Å². The molecule has 1 unspecified atom stereocenters. The number of unbranched alkanes of at least 4 members (excludes halogenated alkanes) is 4. The van der Waals surface area contributed by atoms with E-state index >= 15 is 0 Å². The van der Waals surface area contributed by atoms with Gasteiger partial charge in [0.25, 0.3) is 5.91 Å². The molecule has 0 bridgehead atoms. The van der Waals surface area contributed by atoms with Gasteiger partial charge in [-0.25, -0.2) is 19.0 Å². The smallest absolute Gasteiger partial charge is 0.414 e. The van der Waals surface area contributed by atoms with E-state index in [2.05, 4.69) is 22.2 Å². The second-order valence-corrected chi connectivity index (χ2v) is 7.48. The summed E-state index contributed by atoms with van der Waals surface area (Å²) in [7, 11) is 1.41. The Labute approximate surface area is 185 Å². The Morgan fingerprint density at radius 3 is 2.69 bits per heavy atom. The van der Waals surface area contributed by atoms with Gasteiger partial charge in [0.05, 0.1) is 12.7 Å². The van der Waals surface area contributed by atoms with Crippen molar-refractivity contribution < 1.29 is 23.9 Å². The Balaban J connectivity index is 1.63. The summed E-state index contributed by atoms with van der Waals surface area (Å²) in [5.74, 6) is -1.07.